The number of ether oxygens (including phenoxy) is 1. The number of nitrogens with zero attached hydrogens (tertiary/aromatic N) is 1. The highest BCUT2D eigenvalue weighted by Gasteiger charge is 2.14. The normalized spacial score (nSPS) is 10.4. The zero-order valence-electron chi connectivity index (χ0n) is 8.97. The van der Waals surface area contributed by atoms with E-state index in [0.717, 1.165) is 6.08 Å². The van der Waals surface area contributed by atoms with Crippen molar-refractivity contribution in [3.8, 4) is 0 Å². The highest BCUT2D eigenvalue weighted by Crippen LogP contribution is 2.23. The molecular formula is C11H11NO4. The molecule has 0 fully saturated rings. The summed E-state index contributed by atoms with van der Waals surface area (Å²) in [7, 11) is 1.25. The third-order valence-electron chi connectivity index (χ3n) is 2.05. The Morgan fingerprint density at radius 2 is 2.19 bits per heavy atom. The van der Waals surface area contributed by atoms with E-state index in [0.29, 0.717) is 11.1 Å². The van der Waals surface area contributed by atoms with Gasteiger partial charge in [-0.25, -0.2) is 4.79 Å². The number of nitro benzene ring substituents is 1. The van der Waals surface area contributed by atoms with E-state index in [9.17, 15) is 14.9 Å². The van der Waals surface area contributed by atoms with Crippen LogP contribution in [0.3, 0.4) is 0 Å². The number of methoxy groups -OCH3 is 1. The molecule has 0 spiro atoms. The molecule has 0 aliphatic heterocycles. The topological polar surface area (TPSA) is 69.4 Å². The van der Waals surface area contributed by atoms with Crippen molar-refractivity contribution in [2.75, 3.05) is 7.11 Å². The van der Waals surface area contributed by atoms with Gasteiger partial charge in [0.25, 0.3) is 5.69 Å². The van der Waals surface area contributed by atoms with E-state index in [1.54, 1.807) is 25.1 Å². The van der Waals surface area contributed by atoms with Crippen molar-refractivity contribution in [3.63, 3.8) is 0 Å². The number of aryl methyl sites for hydroxylation is 1. The Labute approximate surface area is 92.5 Å². The van der Waals surface area contributed by atoms with Gasteiger partial charge < -0.3 is 4.74 Å². The van der Waals surface area contributed by atoms with Crippen LogP contribution in [0.4, 0.5) is 5.69 Å². The van der Waals surface area contributed by atoms with Gasteiger partial charge in [-0.1, -0.05) is 12.1 Å². The maximum atomic E-state index is 10.9. The lowest BCUT2D eigenvalue weighted by Crippen LogP contribution is -1.96. The van der Waals surface area contributed by atoms with Crippen LogP contribution >= 0.6 is 0 Å². The van der Waals surface area contributed by atoms with Gasteiger partial charge in [-0.05, 0) is 19.1 Å². The summed E-state index contributed by atoms with van der Waals surface area (Å²) in [5.74, 6) is -0.546. The molecule has 0 atom stereocenters. The molecule has 0 aromatic heterocycles. The Hall–Kier alpha value is -2.17. The van der Waals surface area contributed by atoms with E-state index in [-0.39, 0.29) is 5.69 Å². The molecular weight excluding hydrogens is 210 g/mol. The van der Waals surface area contributed by atoms with Crippen molar-refractivity contribution < 1.29 is 14.5 Å². The van der Waals surface area contributed by atoms with Crippen LogP contribution in [-0.4, -0.2) is 18.0 Å². The number of carbonyl (C=O) groups is 1. The first-order valence-corrected chi connectivity index (χ1v) is 4.56. The number of esters is 1. The minimum Gasteiger partial charge on any atom is -0.466 e. The summed E-state index contributed by atoms with van der Waals surface area (Å²) in [6, 6.07) is 4.91. The molecule has 16 heavy (non-hydrogen) atoms. The van der Waals surface area contributed by atoms with Crippen molar-refractivity contribution in [3.05, 3.63) is 45.5 Å². The Kier molecular flexibility index (Phi) is 3.77. The van der Waals surface area contributed by atoms with Gasteiger partial charge in [0.15, 0.2) is 0 Å². The summed E-state index contributed by atoms with van der Waals surface area (Å²) in [6.45, 7) is 1.65. The maximum Gasteiger partial charge on any atom is 0.330 e. The fourth-order valence-corrected chi connectivity index (χ4v) is 1.29. The molecule has 0 saturated carbocycles. The molecule has 5 nitrogen and oxygen atoms in total. The monoisotopic (exact) mass is 221 g/mol. The van der Waals surface area contributed by atoms with Crippen molar-refractivity contribution in [1.82, 2.24) is 0 Å². The lowest BCUT2D eigenvalue weighted by molar-refractivity contribution is -0.385. The predicted molar refractivity (Wildman–Crippen MR) is 58.9 cm³/mol. The molecule has 0 aliphatic rings. The molecule has 0 radical (unpaired) electrons. The second-order valence-electron chi connectivity index (χ2n) is 3.13. The average Bonchev–Trinajstić information content (AvgIpc) is 2.25. The van der Waals surface area contributed by atoms with Gasteiger partial charge in [0, 0.05) is 11.6 Å². The second-order valence-corrected chi connectivity index (χ2v) is 3.13. The molecule has 0 bridgehead atoms. The van der Waals surface area contributed by atoms with E-state index in [4.69, 9.17) is 0 Å². The molecule has 5 heteroatoms. The molecule has 0 unspecified atom stereocenters. The molecule has 1 aromatic rings. The number of rotatable bonds is 3. The lowest BCUT2D eigenvalue weighted by atomic mass is 10.1. The number of hydrogen-bond donors (Lipinski definition) is 0. The van der Waals surface area contributed by atoms with Crippen molar-refractivity contribution in [1.29, 1.82) is 0 Å². The first kappa shape index (κ1) is 11.9. The van der Waals surface area contributed by atoms with Crippen LogP contribution in [-0.2, 0) is 9.53 Å². The van der Waals surface area contributed by atoms with E-state index >= 15 is 0 Å². The fraction of sp³-hybridized carbons (Fsp3) is 0.182. The van der Waals surface area contributed by atoms with Gasteiger partial charge in [-0.15, -0.1) is 0 Å². The summed E-state index contributed by atoms with van der Waals surface area (Å²) in [5.41, 5.74) is 0.940. The smallest absolute Gasteiger partial charge is 0.330 e. The molecule has 0 amide bonds. The van der Waals surface area contributed by atoms with Crippen molar-refractivity contribution in [2.45, 2.75) is 6.92 Å². The SMILES string of the molecule is COC(=O)C=Cc1cccc(C)c1[N+](=O)[O-]. The lowest BCUT2D eigenvalue weighted by Gasteiger charge is -2.00. The van der Waals surface area contributed by atoms with Gasteiger partial charge in [0.2, 0.25) is 0 Å². The Morgan fingerprint density at radius 1 is 1.50 bits per heavy atom. The number of nitro groups is 1. The fourth-order valence-electron chi connectivity index (χ4n) is 1.29. The molecule has 1 rings (SSSR count). The molecule has 1 aromatic carbocycles. The number of hydrogen-bond acceptors (Lipinski definition) is 4. The number of carbonyl (C=O) groups excluding carboxylic acids is 1. The highest BCUT2D eigenvalue weighted by atomic mass is 16.6. The highest BCUT2D eigenvalue weighted by molar-refractivity contribution is 5.87. The molecule has 0 saturated heterocycles. The minimum absolute atomic E-state index is 0.00246. The first-order valence-electron chi connectivity index (χ1n) is 4.56. The van der Waals surface area contributed by atoms with Gasteiger partial charge in [0.05, 0.1) is 17.6 Å². The second kappa shape index (κ2) is 5.06. The largest absolute Gasteiger partial charge is 0.466 e. The summed E-state index contributed by atoms with van der Waals surface area (Å²) < 4.78 is 4.41. The Morgan fingerprint density at radius 3 is 2.75 bits per heavy atom. The summed E-state index contributed by atoms with van der Waals surface area (Å²) >= 11 is 0. The van der Waals surface area contributed by atoms with Crippen LogP contribution in [0, 0.1) is 17.0 Å². The van der Waals surface area contributed by atoms with E-state index in [2.05, 4.69) is 4.74 Å². The zero-order chi connectivity index (χ0) is 12.1. The van der Waals surface area contributed by atoms with Crippen LogP contribution in [0.1, 0.15) is 11.1 Å². The quantitative estimate of drug-likeness (QED) is 0.339. The van der Waals surface area contributed by atoms with E-state index < -0.39 is 10.9 Å². The number of benzene rings is 1. The van der Waals surface area contributed by atoms with Gasteiger partial charge in [-0.2, -0.15) is 0 Å². The van der Waals surface area contributed by atoms with E-state index in [1.807, 2.05) is 0 Å². The van der Waals surface area contributed by atoms with Crippen LogP contribution in [0.25, 0.3) is 6.08 Å². The standard InChI is InChI=1S/C11H11NO4/c1-8-4-3-5-9(11(8)12(14)15)6-7-10(13)16-2/h3-7H,1-2H3. The summed E-state index contributed by atoms with van der Waals surface area (Å²) in [5, 5.41) is 10.8. The van der Waals surface area contributed by atoms with Crippen LogP contribution in [0.5, 0.6) is 0 Å². The minimum atomic E-state index is -0.546. The summed E-state index contributed by atoms with van der Waals surface area (Å²) in [6.07, 6.45) is 2.53. The van der Waals surface area contributed by atoms with Gasteiger partial charge in [0.1, 0.15) is 0 Å². The van der Waals surface area contributed by atoms with Crippen LogP contribution in [0.15, 0.2) is 24.3 Å². The summed E-state index contributed by atoms with van der Waals surface area (Å²) in [4.78, 5) is 21.2. The van der Waals surface area contributed by atoms with Crippen molar-refractivity contribution >= 4 is 17.7 Å². The van der Waals surface area contributed by atoms with E-state index in [1.165, 1.54) is 13.2 Å². The molecule has 84 valence electrons. The maximum absolute atomic E-state index is 10.9. The third-order valence-corrected chi connectivity index (χ3v) is 2.05. The van der Waals surface area contributed by atoms with Gasteiger partial charge >= 0.3 is 5.97 Å². The predicted octanol–water partition coefficient (Wildman–Crippen LogP) is 2.09. The number of para-hydroxylation sites is 1. The zero-order valence-corrected chi connectivity index (χ0v) is 8.97. The molecule has 0 aliphatic carbocycles. The average molecular weight is 221 g/mol. The van der Waals surface area contributed by atoms with Crippen LogP contribution < -0.4 is 0 Å². The van der Waals surface area contributed by atoms with Crippen LogP contribution in [0.2, 0.25) is 0 Å². The molecule has 0 N–H and O–H groups in total. The Bertz CT molecular complexity index is 451. The third kappa shape index (κ3) is 2.66. The first-order chi connectivity index (χ1) is 7.56. The Balaban J connectivity index is 3.14. The molecule has 0 heterocycles. The van der Waals surface area contributed by atoms with Gasteiger partial charge in [-0.3, -0.25) is 10.1 Å². The van der Waals surface area contributed by atoms with Crippen molar-refractivity contribution in [2.24, 2.45) is 0 Å².